The Balaban J connectivity index is 2.39. The lowest BCUT2D eigenvalue weighted by molar-refractivity contribution is 0.0993. The van der Waals surface area contributed by atoms with Crippen molar-refractivity contribution in [2.24, 2.45) is 5.84 Å². The summed E-state index contributed by atoms with van der Waals surface area (Å²) in [5, 5.41) is 8.92. The number of hydrogen-bond donors (Lipinski definition) is 2. The highest BCUT2D eigenvalue weighted by molar-refractivity contribution is 9.10. The number of nitrogens with one attached hydrogen (secondary N) is 1. The Bertz CT molecular complexity index is 726. The van der Waals surface area contributed by atoms with Crippen molar-refractivity contribution in [3.63, 3.8) is 0 Å². The molecule has 0 aliphatic rings. The molecular weight excluding hydrogens is 334 g/mol. The van der Waals surface area contributed by atoms with Crippen molar-refractivity contribution in [3.8, 4) is 6.07 Å². The number of hydrazine groups is 1. The Morgan fingerprint density at radius 1 is 1.48 bits per heavy atom. The maximum absolute atomic E-state index is 12.6. The summed E-state index contributed by atoms with van der Waals surface area (Å²) in [7, 11) is 1.63. The summed E-state index contributed by atoms with van der Waals surface area (Å²) >= 11 is 3.28. The Morgan fingerprint density at radius 3 is 2.90 bits per heavy atom. The van der Waals surface area contributed by atoms with Gasteiger partial charge in [-0.25, -0.2) is 10.8 Å². The molecule has 0 spiro atoms. The summed E-state index contributed by atoms with van der Waals surface area (Å²) in [5.41, 5.74) is 3.83. The van der Waals surface area contributed by atoms with E-state index in [1.54, 1.807) is 43.6 Å². The van der Waals surface area contributed by atoms with Crippen LogP contribution >= 0.6 is 15.9 Å². The van der Waals surface area contributed by atoms with Gasteiger partial charge in [0.05, 0.1) is 17.2 Å². The lowest BCUT2D eigenvalue weighted by Gasteiger charge is -2.19. The summed E-state index contributed by atoms with van der Waals surface area (Å²) in [6, 6.07) is 10.5. The quantitative estimate of drug-likeness (QED) is 0.657. The number of benzene rings is 1. The molecule has 0 saturated heterocycles. The molecule has 1 amide bonds. The first kappa shape index (κ1) is 15.0. The molecule has 2 aromatic rings. The van der Waals surface area contributed by atoms with E-state index in [4.69, 9.17) is 11.1 Å². The number of amides is 1. The van der Waals surface area contributed by atoms with Crippen LogP contribution in [0.1, 0.15) is 15.9 Å². The van der Waals surface area contributed by atoms with Crippen molar-refractivity contribution >= 4 is 33.3 Å². The monoisotopic (exact) mass is 345 g/mol. The van der Waals surface area contributed by atoms with Crippen molar-refractivity contribution < 1.29 is 4.79 Å². The average molecular weight is 346 g/mol. The van der Waals surface area contributed by atoms with Gasteiger partial charge in [0, 0.05) is 23.4 Å². The Kier molecular flexibility index (Phi) is 4.52. The van der Waals surface area contributed by atoms with Gasteiger partial charge in [0.1, 0.15) is 0 Å². The van der Waals surface area contributed by atoms with Crippen molar-refractivity contribution in [3.05, 3.63) is 52.1 Å². The second-order valence-corrected chi connectivity index (χ2v) is 5.14. The number of nitriles is 1. The number of nitrogens with two attached hydrogens (primary N) is 1. The van der Waals surface area contributed by atoms with Crippen molar-refractivity contribution in [2.75, 3.05) is 17.4 Å². The van der Waals surface area contributed by atoms with Crippen LogP contribution in [0.25, 0.3) is 0 Å². The minimum Gasteiger partial charge on any atom is -0.311 e. The van der Waals surface area contributed by atoms with E-state index in [-0.39, 0.29) is 11.7 Å². The smallest absolute Gasteiger partial charge is 0.261 e. The number of nitrogen functional groups attached to an aromatic ring is 1. The number of halogens is 1. The van der Waals surface area contributed by atoms with Crippen LogP contribution in [-0.2, 0) is 0 Å². The maximum Gasteiger partial charge on any atom is 0.261 e. The summed E-state index contributed by atoms with van der Waals surface area (Å²) in [6.45, 7) is 0. The van der Waals surface area contributed by atoms with Gasteiger partial charge >= 0.3 is 0 Å². The molecule has 7 heteroatoms. The predicted molar refractivity (Wildman–Crippen MR) is 83.6 cm³/mol. The molecule has 0 aliphatic carbocycles. The highest BCUT2D eigenvalue weighted by atomic mass is 79.9. The van der Waals surface area contributed by atoms with E-state index in [2.05, 4.69) is 26.3 Å². The number of nitrogens with zero attached hydrogens (tertiary/aromatic N) is 3. The summed E-state index contributed by atoms with van der Waals surface area (Å²) in [4.78, 5) is 18.0. The zero-order chi connectivity index (χ0) is 15.4. The van der Waals surface area contributed by atoms with E-state index in [1.807, 2.05) is 6.07 Å². The average Bonchev–Trinajstić information content (AvgIpc) is 2.53. The van der Waals surface area contributed by atoms with Gasteiger partial charge in [-0.2, -0.15) is 5.26 Å². The van der Waals surface area contributed by atoms with E-state index in [0.717, 1.165) is 0 Å². The highest BCUT2D eigenvalue weighted by Gasteiger charge is 2.18. The predicted octanol–water partition coefficient (Wildman–Crippen LogP) is 2.28. The molecule has 2 rings (SSSR count). The van der Waals surface area contributed by atoms with Gasteiger partial charge in [-0.1, -0.05) is 6.07 Å². The van der Waals surface area contributed by atoms with Crippen LogP contribution in [0.2, 0.25) is 0 Å². The largest absolute Gasteiger partial charge is 0.311 e. The van der Waals surface area contributed by atoms with Gasteiger partial charge < -0.3 is 10.3 Å². The van der Waals surface area contributed by atoms with E-state index in [1.165, 1.54) is 4.90 Å². The SMILES string of the molecule is CN(C(=O)c1cc(Br)cnc1NN)c1cccc(C#N)c1. The first-order valence-corrected chi connectivity index (χ1v) is 6.76. The highest BCUT2D eigenvalue weighted by Crippen LogP contribution is 2.22. The first-order valence-electron chi connectivity index (χ1n) is 5.97. The Hall–Kier alpha value is -2.43. The van der Waals surface area contributed by atoms with Gasteiger partial charge in [-0.05, 0) is 40.2 Å². The molecule has 3 N–H and O–H groups in total. The number of rotatable bonds is 3. The Morgan fingerprint density at radius 2 is 2.24 bits per heavy atom. The summed E-state index contributed by atoms with van der Waals surface area (Å²) in [5.74, 6) is 5.38. The third-order valence-electron chi connectivity index (χ3n) is 2.89. The van der Waals surface area contributed by atoms with Gasteiger partial charge in [-0.3, -0.25) is 4.79 Å². The third-order valence-corrected chi connectivity index (χ3v) is 3.32. The minimum atomic E-state index is -0.285. The van der Waals surface area contributed by atoms with Gasteiger partial charge in [0.25, 0.3) is 5.91 Å². The first-order chi connectivity index (χ1) is 10.1. The zero-order valence-corrected chi connectivity index (χ0v) is 12.8. The number of anilines is 2. The number of carbonyl (C=O) groups excluding carboxylic acids is 1. The van der Waals surface area contributed by atoms with Crippen LogP contribution < -0.4 is 16.2 Å². The second-order valence-electron chi connectivity index (χ2n) is 4.22. The maximum atomic E-state index is 12.6. The topological polar surface area (TPSA) is 95.0 Å². The second kappa shape index (κ2) is 6.35. The van der Waals surface area contributed by atoms with E-state index >= 15 is 0 Å². The number of aromatic nitrogens is 1. The fourth-order valence-corrected chi connectivity index (χ4v) is 2.13. The van der Waals surface area contributed by atoms with Crippen LogP contribution in [0.15, 0.2) is 41.0 Å². The molecule has 0 unspecified atom stereocenters. The summed E-state index contributed by atoms with van der Waals surface area (Å²) < 4.78 is 0.670. The zero-order valence-electron chi connectivity index (χ0n) is 11.2. The lowest BCUT2D eigenvalue weighted by atomic mass is 10.1. The van der Waals surface area contributed by atoms with Gasteiger partial charge in [-0.15, -0.1) is 0 Å². The third kappa shape index (κ3) is 3.18. The van der Waals surface area contributed by atoms with E-state index in [9.17, 15) is 4.79 Å². The molecule has 0 fully saturated rings. The molecule has 0 bridgehead atoms. The van der Waals surface area contributed by atoms with Crippen molar-refractivity contribution in [1.82, 2.24) is 4.98 Å². The van der Waals surface area contributed by atoms with Gasteiger partial charge in [0.15, 0.2) is 5.82 Å². The number of hydrogen-bond acceptors (Lipinski definition) is 5. The van der Waals surface area contributed by atoms with Crippen LogP contribution in [0.3, 0.4) is 0 Å². The lowest BCUT2D eigenvalue weighted by Crippen LogP contribution is -2.28. The molecule has 6 nitrogen and oxygen atoms in total. The fraction of sp³-hybridized carbons (Fsp3) is 0.0714. The van der Waals surface area contributed by atoms with Crippen LogP contribution in [-0.4, -0.2) is 17.9 Å². The van der Waals surface area contributed by atoms with Crippen molar-refractivity contribution in [2.45, 2.75) is 0 Å². The molecule has 1 heterocycles. The normalized spacial score (nSPS) is 9.81. The van der Waals surface area contributed by atoms with Gasteiger partial charge in [0.2, 0.25) is 0 Å². The fourth-order valence-electron chi connectivity index (χ4n) is 1.80. The molecule has 1 aromatic carbocycles. The van der Waals surface area contributed by atoms with Crippen molar-refractivity contribution in [1.29, 1.82) is 5.26 Å². The molecular formula is C14H12BrN5O. The Labute approximate surface area is 130 Å². The minimum absolute atomic E-state index is 0.284. The van der Waals surface area contributed by atoms with E-state index < -0.39 is 0 Å². The number of carbonyl (C=O) groups is 1. The number of pyridine rings is 1. The van der Waals surface area contributed by atoms with E-state index in [0.29, 0.717) is 21.3 Å². The summed E-state index contributed by atoms with van der Waals surface area (Å²) in [6.07, 6.45) is 1.54. The van der Waals surface area contributed by atoms with Crippen LogP contribution in [0, 0.1) is 11.3 Å². The standard InChI is InChI=1S/C14H12BrN5O/c1-20(11-4-2-3-9(5-11)7-16)14(21)12-6-10(15)8-18-13(12)19-17/h2-6,8H,17H2,1H3,(H,18,19). The molecule has 0 radical (unpaired) electrons. The molecule has 0 atom stereocenters. The molecule has 21 heavy (non-hydrogen) atoms. The molecule has 106 valence electrons. The molecule has 0 aliphatic heterocycles. The van der Waals surface area contributed by atoms with Crippen LogP contribution in [0.4, 0.5) is 11.5 Å². The van der Waals surface area contributed by atoms with Crippen LogP contribution in [0.5, 0.6) is 0 Å². The molecule has 0 saturated carbocycles. The molecule has 1 aromatic heterocycles.